The van der Waals surface area contributed by atoms with E-state index in [-0.39, 0.29) is 6.61 Å². The molecular weight excluding hydrogens is 378 g/mol. The van der Waals surface area contributed by atoms with E-state index in [1.54, 1.807) is 38.5 Å². The van der Waals surface area contributed by atoms with Crippen LogP contribution < -0.4 is 14.2 Å². The molecule has 6 heteroatoms. The standard InChI is InChI=1S/C22H30ClNO4/c1-5-16(2)24(13-17-6-11-21(26-3)22(12-17)27-4)14-19(25)15-28-20-9-7-18(23)8-10-20/h6-12,16,19,25H,5,13-15H2,1-4H3/t16-,19+/m1/s1. The highest BCUT2D eigenvalue weighted by molar-refractivity contribution is 6.30. The van der Waals surface area contributed by atoms with Crippen molar-refractivity contribution in [1.29, 1.82) is 0 Å². The Labute approximate surface area is 172 Å². The molecule has 0 radical (unpaired) electrons. The summed E-state index contributed by atoms with van der Waals surface area (Å²) < 4.78 is 16.4. The van der Waals surface area contributed by atoms with Crippen LogP contribution >= 0.6 is 11.6 Å². The Morgan fingerprint density at radius 3 is 2.32 bits per heavy atom. The van der Waals surface area contributed by atoms with Crippen molar-refractivity contribution in [3.05, 3.63) is 53.1 Å². The first-order valence-electron chi connectivity index (χ1n) is 9.48. The van der Waals surface area contributed by atoms with Crippen LogP contribution in [0.2, 0.25) is 5.02 Å². The van der Waals surface area contributed by atoms with Crippen LogP contribution in [0.5, 0.6) is 17.2 Å². The molecule has 0 unspecified atom stereocenters. The second-order valence-corrected chi connectivity index (χ2v) is 7.23. The summed E-state index contributed by atoms with van der Waals surface area (Å²) in [4.78, 5) is 2.25. The van der Waals surface area contributed by atoms with Crippen LogP contribution in [0.25, 0.3) is 0 Å². The van der Waals surface area contributed by atoms with Gasteiger partial charge in [-0.3, -0.25) is 4.90 Å². The number of methoxy groups -OCH3 is 2. The van der Waals surface area contributed by atoms with Crippen molar-refractivity contribution in [3.63, 3.8) is 0 Å². The second kappa shape index (κ2) is 11.1. The van der Waals surface area contributed by atoms with Crippen molar-refractivity contribution < 1.29 is 19.3 Å². The fourth-order valence-electron chi connectivity index (χ4n) is 2.92. The number of benzene rings is 2. The van der Waals surface area contributed by atoms with Gasteiger partial charge in [0.15, 0.2) is 11.5 Å². The van der Waals surface area contributed by atoms with Gasteiger partial charge in [-0.25, -0.2) is 0 Å². The van der Waals surface area contributed by atoms with Gasteiger partial charge in [-0.15, -0.1) is 0 Å². The van der Waals surface area contributed by atoms with E-state index in [1.807, 2.05) is 18.2 Å². The zero-order chi connectivity index (χ0) is 20.5. The molecule has 0 bridgehead atoms. The first kappa shape index (κ1) is 22.3. The fraction of sp³-hybridized carbons (Fsp3) is 0.455. The van der Waals surface area contributed by atoms with Gasteiger partial charge in [-0.2, -0.15) is 0 Å². The Morgan fingerprint density at radius 2 is 1.71 bits per heavy atom. The Hall–Kier alpha value is -1.95. The van der Waals surface area contributed by atoms with Gasteiger partial charge in [-0.1, -0.05) is 24.6 Å². The normalized spacial score (nSPS) is 13.2. The van der Waals surface area contributed by atoms with Crippen molar-refractivity contribution in [3.8, 4) is 17.2 Å². The van der Waals surface area contributed by atoms with Crippen LogP contribution in [0.3, 0.4) is 0 Å². The monoisotopic (exact) mass is 407 g/mol. The SMILES string of the molecule is CC[C@@H](C)N(Cc1ccc(OC)c(OC)c1)C[C@H](O)COc1ccc(Cl)cc1. The number of rotatable bonds is 11. The minimum absolute atomic E-state index is 0.223. The van der Waals surface area contributed by atoms with E-state index in [4.69, 9.17) is 25.8 Å². The Kier molecular flexibility index (Phi) is 8.90. The summed E-state index contributed by atoms with van der Waals surface area (Å²) in [5, 5.41) is 11.2. The van der Waals surface area contributed by atoms with E-state index in [0.29, 0.717) is 41.4 Å². The second-order valence-electron chi connectivity index (χ2n) is 6.79. The molecule has 28 heavy (non-hydrogen) atoms. The molecule has 0 spiro atoms. The number of nitrogens with zero attached hydrogens (tertiary/aromatic N) is 1. The van der Waals surface area contributed by atoms with E-state index in [2.05, 4.69) is 18.7 Å². The number of aliphatic hydroxyl groups excluding tert-OH is 1. The molecule has 0 fully saturated rings. The topological polar surface area (TPSA) is 51.2 Å². The first-order valence-corrected chi connectivity index (χ1v) is 9.86. The van der Waals surface area contributed by atoms with Crippen molar-refractivity contribution in [1.82, 2.24) is 4.90 Å². The number of hydrogen-bond donors (Lipinski definition) is 1. The summed E-state index contributed by atoms with van der Waals surface area (Å²) in [7, 11) is 3.26. The van der Waals surface area contributed by atoms with Gasteiger partial charge < -0.3 is 19.3 Å². The van der Waals surface area contributed by atoms with Crippen LogP contribution in [0, 0.1) is 0 Å². The van der Waals surface area contributed by atoms with E-state index < -0.39 is 6.10 Å². The van der Waals surface area contributed by atoms with Crippen LogP contribution in [0.4, 0.5) is 0 Å². The highest BCUT2D eigenvalue weighted by Gasteiger charge is 2.18. The molecule has 0 aliphatic rings. The molecule has 1 N–H and O–H groups in total. The molecule has 2 aromatic carbocycles. The maximum atomic E-state index is 10.5. The van der Waals surface area contributed by atoms with Gasteiger partial charge >= 0.3 is 0 Å². The van der Waals surface area contributed by atoms with Crippen LogP contribution in [-0.4, -0.2) is 49.5 Å². The lowest BCUT2D eigenvalue weighted by molar-refractivity contribution is 0.0506. The molecule has 0 saturated heterocycles. The van der Waals surface area contributed by atoms with Crippen LogP contribution in [0.1, 0.15) is 25.8 Å². The predicted molar refractivity (Wildman–Crippen MR) is 113 cm³/mol. The zero-order valence-electron chi connectivity index (χ0n) is 17.0. The minimum Gasteiger partial charge on any atom is -0.493 e. The van der Waals surface area contributed by atoms with Crippen molar-refractivity contribution in [2.45, 2.75) is 39.0 Å². The van der Waals surface area contributed by atoms with Gasteiger partial charge in [0.2, 0.25) is 0 Å². The average molecular weight is 408 g/mol. The van der Waals surface area contributed by atoms with Crippen LogP contribution in [-0.2, 0) is 6.54 Å². The molecule has 0 saturated carbocycles. The molecular formula is C22H30ClNO4. The van der Waals surface area contributed by atoms with Gasteiger partial charge in [0, 0.05) is 24.2 Å². The molecule has 0 aliphatic heterocycles. The summed E-state index contributed by atoms with van der Waals surface area (Å²) >= 11 is 5.88. The third-order valence-corrected chi connectivity index (χ3v) is 5.00. The van der Waals surface area contributed by atoms with Gasteiger partial charge in [0.1, 0.15) is 18.5 Å². The van der Waals surface area contributed by atoms with E-state index in [0.717, 1.165) is 12.0 Å². The number of ether oxygens (including phenoxy) is 3. The highest BCUT2D eigenvalue weighted by atomic mass is 35.5. The predicted octanol–water partition coefficient (Wildman–Crippen LogP) is 4.40. The first-order chi connectivity index (χ1) is 13.5. The Balaban J connectivity index is 1.99. The Bertz CT molecular complexity index is 723. The minimum atomic E-state index is -0.607. The van der Waals surface area contributed by atoms with E-state index in [1.165, 1.54) is 0 Å². The van der Waals surface area contributed by atoms with Gasteiger partial charge in [0.25, 0.3) is 0 Å². The van der Waals surface area contributed by atoms with Crippen molar-refractivity contribution in [2.24, 2.45) is 0 Å². The Morgan fingerprint density at radius 1 is 1.04 bits per heavy atom. The summed E-state index contributed by atoms with van der Waals surface area (Å²) in [5.41, 5.74) is 1.10. The lowest BCUT2D eigenvalue weighted by Crippen LogP contribution is -2.40. The van der Waals surface area contributed by atoms with E-state index >= 15 is 0 Å². The summed E-state index contributed by atoms with van der Waals surface area (Å²) in [6.07, 6.45) is 0.378. The molecule has 154 valence electrons. The molecule has 0 heterocycles. The molecule has 0 aromatic heterocycles. The van der Waals surface area contributed by atoms with Crippen LogP contribution in [0.15, 0.2) is 42.5 Å². The smallest absolute Gasteiger partial charge is 0.161 e. The quantitative estimate of drug-likeness (QED) is 0.598. The third kappa shape index (κ3) is 6.59. The van der Waals surface area contributed by atoms with Gasteiger partial charge in [-0.05, 0) is 55.3 Å². The lowest BCUT2D eigenvalue weighted by atomic mass is 10.1. The summed E-state index contributed by atoms with van der Waals surface area (Å²) in [6, 6.07) is 13.4. The number of aliphatic hydroxyl groups is 1. The maximum Gasteiger partial charge on any atom is 0.161 e. The summed E-state index contributed by atoms with van der Waals surface area (Å²) in [6.45, 7) is 5.74. The highest BCUT2D eigenvalue weighted by Crippen LogP contribution is 2.28. The van der Waals surface area contributed by atoms with Crippen molar-refractivity contribution in [2.75, 3.05) is 27.4 Å². The molecule has 2 aromatic rings. The molecule has 5 nitrogen and oxygen atoms in total. The lowest BCUT2D eigenvalue weighted by Gasteiger charge is -2.30. The van der Waals surface area contributed by atoms with Gasteiger partial charge in [0.05, 0.1) is 14.2 Å². The largest absolute Gasteiger partial charge is 0.493 e. The summed E-state index contributed by atoms with van der Waals surface area (Å²) in [5.74, 6) is 2.10. The maximum absolute atomic E-state index is 10.5. The molecule has 2 atom stereocenters. The fourth-order valence-corrected chi connectivity index (χ4v) is 3.04. The molecule has 0 amide bonds. The third-order valence-electron chi connectivity index (χ3n) is 4.75. The average Bonchev–Trinajstić information content (AvgIpc) is 2.72. The van der Waals surface area contributed by atoms with E-state index in [9.17, 15) is 5.11 Å². The van der Waals surface area contributed by atoms with Crippen molar-refractivity contribution >= 4 is 11.6 Å². The number of halogens is 1. The zero-order valence-corrected chi connectivity index (χ0v) is 17.8. The number of hydrogen-bond acceptors (Lipinski definition) is 5. The molecule has 0 aliphatic carbocycles. The molecule has 2 rings (SSSR count).